The fraction of sp³-hybridized carbons (Fsp3) is 0.0769. The van der Waals surface area contributed by atoms with E-state index in [0.29, 0.717) is 22.3 Å². The van der Waals surface area contributed by atoms with Crippen LogP contribution >= 0.6 is 0 Å². The number of nitrogens with zero attached hydrogens (tertiary/aromatic N) is 2. The molecule has 0 heterocycles. The van der Waals surface area contributed by atoms with Crippen molar-refractivity contribution in [3.05, 3.63) is 94.0 Å². The van der Waals surface area contributed by atoms with E-state index in [1.807, 2.05) is 12.1 Å². The maximum absolute atomic E-state index is 12.9. The van der Waals surface area contributed by atoms with Crippen LogP contribution in [0.5, 0.6) is 11.5 Å². The Labute approximate surface area is 205 Å². The summed E-state index contributed by atoms with van der Waals surface area (Å²) in [4.78, 5) is 0. The van der Waals surface area contributed by atoms with Gasteiger partial charge in [-0.25, -0.2) is 0 Å². The summed E-state index contributed by atoms with van der Waals surface area (Å²) in [5.74, 6) is 10.2. The molecule has 0 bridgehead atoms. The Bertz CT molecular complexity index is 1610. The highest BCUT2D eigenvalue weighted by Gasteiger charge is 2.49. The standard InChI is InChI=1S/C26H13F3N2O4S/c1-34-24-14-22(12-10-18-2-6-20(16-30)7-3-18)23(13-11-19-4-8-21(17-31)9-5-19)15-25(24)35-36(32,33)26(27,28)29/h2-9,14-15H,1H3. The second kappa shape index (κ2) is 10.6. The quantitative estimate of drug-likeness (QED) is 0.295. The van der Waals surface area contributed by atoms with Crippen molar-refractivity contribution in [2.45, 2.75) is 5.51 Å². The average Bonchev–Trinajstić information content (AvgIpc) is 2.86. The predicted octanol–water partition coefficient (Wildman–Crippen LogP) is 4.47. The van der Waals surface area contributed by atoms with E-state index < -0.39 is 21.4 Å². The molecule has 6 nitrogen and oxygen atoms in total. The Kier molecular flexibility index (Phi) is 7.55. The van der Waals surface area contributed by atoms with E-state index in [2.05, 4.69) is 27.9 Å². The Morgan fingerprint density at radius 3 is 1.44 bits per heavy atom. The van der Waals surface area contributed by atoms with E-state index in [9.17, 15) is 21.6 Å². The Morgan fingerprint density at radius 1 is 0.694 bits per heavy atom. The molecule has 3 aromatic carbocycles. The van der Waals surface area contributed by atoms with Gasteiger partial charge in [-0.1, -0.05) is 23.7 Å². The summed E-state index contributed by atoms with van der Waals surface area (Å²) in [6, 6.07) is 18.7. The Morgan fingerprint density at radius 2 is 1.08 bits per heavy atom. The van der Waals surface area contributed by atoms with Crippen LogP contribution < -0.4 is 8.92 Å². The normalized spacial score (nSPS) is 10.5. The molecular weight excluding hydrogens is 493 g/mol. The molecular formula is C26H13F3N2O4S. The van der Waals surface area contributed by atoms with Crippen molar-refractivity contribution in [2.75, 3.05) is 7.11 Å². The van der Waals surface area contributed by atoms with Gasteiger partial charge in [-0.2, -0.15) is 32.1 Å². The molecule has 0 spiro atoms. The van der Waals surface area contributed by atoms with Crippen LogP contribution in [0.1, 0.15) is 33.4 Å². The summed E-state index contributed by atoms with van der Waals surface area (Å²) >= 11 is 0. The summed E-state index contributed by atoms with van der Waals surface area (Å²) in [5.41, 5.74) is -3.50. The number of benzene rings is 3. The fourth-order valence-corrected chi connectivity index (χ4v) is 3.15. The number of hydrogen-bond donors (Lipinski definition) is 0. The molecule has 3 aromatic rings. The van der Waals surface area contributed by atoms with Crippen molar-refractivity contribution < 1.29 is 30.5 Å². The highest BCUT2D eigenvalue weighted by Crippen LogP contribution is 2.35. The molecule has 0 aromatic heterocycles. The molecule has 0 saturated heterocycles. The van der Waals surface area contributed by atoms with Gasteiger partial charge in [0.2, 0.25) is 0 Å². The van der Waals surface area contributed by atoms with Gasteiger partial charge in [-0.15, -0.1) is 0 Å². The first-order valence-corrected chi connectivity index (χ1v) is 11.2. The van der Waals surface area contributed by atoms with Gasteiger partial charge in [0.05, 0.1) is 30.4 Å². The van der Waals surface area contributed by atoms with E-state index in [-0.39, 0.29) is 16.9 Å². The average molecular weight is 506 g/mol. The zero-order valence-corrected chi connectivity index (χ0v) is 19.2. The van der Waals surface area contributed by atoms with Crippen LogP contribution in [0.25, 0.3) is 0 Å². The molecule has 10 heteroatoms. The monoisotopic (exact) mass is 506 g/mol. The molecule has 178 valence electrons. The van der Waals surface area contributed by atoms with Gasteiger partial charge in [-0.3, -0.25) is 0 Å². The number of halogens is 3. The molecule has 0 atom stereocenters. The molecule has 0 fully saturated rings. The summed E-state index contributed by atoms with van der Waals surface area (Å²) in [7, 11) is -4.84. The van der Waals surface area contributed by atoms with Gasteiger partial charge in [0.1, 0.15) is 0 Å². The molecule has 0 unspecified atom stereocenters. The lowest BCUT2D eigenvalue weighted by Gasteiger charge is -2.13. The van der Waals surface area contributed by atoms with Crippen molar-refractivity contribution in [1.82, 2.24) is 0 Å². The highest BCUT2D eigenvalue weighted by molar-refractivity contribution is 7.88. The van der Waals surface area contributed by atoms with Crippen LogP contribution in [0, 0.1) is 46.3 Å². The zero-order chi connectivity index (χ0) is 26.3. The second-order valence-electron chi connectivity index (χ2n) is 6.91. The zero-order valence-electron chi connectivity index (χ0n) is 18.3. The lowest BCUT2D eigenvalue weighted by molar-refractivity contribution is -0.0500. The van der Waals surface area contributed by atoms with Crippen molar-refractivity contribution in [3.8, 4) is 47.3 Å². The first kappa shape index (κ1) is 25.7. The van der Waals surface area contributed by atoms with E-state index in [1.165, 1.54) is 18.2 Å². The lowest BCUT2D eigenvalue weighted by Crippen LogP contribution is -2.28. The Balaban J connectivity index is 2.13. The second-order valence-corrected chi connectivity index (χ2v) is 8.45. The fourth-order valence-electron chi connectivity index (χ4n) is 2.69. The van der Waals surface area contributed by atoms with E-state index in [0.717, 1.165) is 13.2 Å². The van der Waals surface area contributed by atoms with Crippen molar-refractivity contribution in [1.29, 1.82) is 10.5 Å². The summed E-state index contributed by atoms with van der Waals surface area (Å²) < 4.78 is 71.1. The third kappa shape index (κ3) is 6.15. The Hall–Kier alpha value is -4.90. The summed E-state index contributed by atoms with van der Waals surface area (Å²) in [6.45, 7) is 0. The highest BCUT2D eigenvalue weighted by atomic mass is 32.2. The van der Waals surface area contributed by atoms with Gasteiger partial charge < -0.3 is 8.92 Å². The molecule has 0 aliphatic rings. The van der Waals surface area contributed by atoms with Gasteiger partial charge in [-0.05, 0) is 48.5 Å². The third-order valence-corrected chi connectivity index (χ3v) is 5.46. The molecule has 0 saturated carbocycles. The maximum Gasteiger partial charge on any atom is 0.534 e. The number of hydrogen-bond acceptors (Lipinski definition) is 6. The smallest absolute Gasteiger partial charge is 0.493 e. The minimum absolute atomic E-state index is 0.0636. The SMILES string of the molecule is COc1cc(C#Cc2ccc(C#N)cc2)c(C#Cc2ccc(C#N)cc2)cc1OS(=O)(=O)C(F)(F)F. The molecule has 0 aliphatic carbocycles. The van der Waals surface area contributed by atoms with E-state index in [4.69, 9.17) is 15.3 Å². The molecule has 0 amide bonds. The minimum Gasteiger partial charge on any atom is -0.493 e. The molecule has 0 radical (unpaired) electrons. The number of ether oxygens (including phenoxy) is 1. The van der Waals surface area contributed by atoms with E-state index in [1.54, 1.807) is 36.4 Å². The lowest BCUT2D eigenvalue weighted by atomic mass is 10.0. The maximum atomic E-state index is 12.9. The number of methoxy groups -OCH3 is 1. The van der Waals surface area contributed by atoms with Crippen molar-refractivity contribution in [2.24, 2.45) is 0 Å². The van der Waals surface area contributed by atoms with Crippen LogP contribution in [0.4, 0.5) is 13.2 Å². The van der Waals surface area contributed by atoms with Crippen molar-refractivity contribution in [3.63, 3.8) is 0 Å². The van der Waals surface area contributed by atoms with Gasteiger partial charge in [0, 0.05) is 34.4 Å². The number of nitriles is 2. The first-order valence-electron chi connectivity index (χ1n) is 9.83. The van der Waals surface area contributed by atoms with Crippen LogP contribution in [0.3, 0.4) is 0 Å². The largest absolute Gasteiger partial charge is 0.534 e. The topological polar surface area (TPSA) is 100 Å². The van der Waals surface area contributed by atoms with Gasteiger partial charge in [0.25, 0.3) is 0 Å². The molecule has 3 rings (SSSR count). The van der Waals surface area contributed by atoms with Gasteiger partial charge >= 0.3 is 15.6 Å². The first-order chi connectivity index (χ1) is 17.1. The van der Waals surface area contributed by atoms with Crippen molar-refractivity contribution >= 4 is 10.1 Å². The number of alkyl halides is 3. The minimum atomic E-state index is -5.97. The molecule has 0 N–H and O–H groups in total. The molecule has 36 heavy (non-hydrogen) atoms. The van der Waals surface area contributed by atoms with E-state index >= 15 is 0 Å². The van der Waals surface area contributed by atoms with Crippen LogP contribution in [-0.2, 0) is 10.1 Å². The summed E-state index contributed by atoms with van der Waals surface area (Å²) in [6.07, 6.45) is 0. The third-order valence-electron chi connectivity index (χ3n) is 4.50. The summed E-state index contributed by atoms with van der Waals surface area (Å²) in [5, 5.41) is 17.8. The number of rotatable bonds is 3. The van der Waals surface area contributed by atoms with Crippen LogP contribution in [-0.4, -0.2) is 21.0 Å². The van der Waals surface area contributed by atoms with Crippen LogP contribution in [0.15, 0.2) is 60.7 Å². The predicted molar refractivity (Wildman–Crippen MR) is 123 cm³/mol. The molecule has 0 aliphatic heterocycles. The van der Waals surface area contributed by atoms with Crippen LogP contribution in [0.2, 0.25) is 0 Å². The van der Waals surface area contributed by atoms with Gasteiger partial charge in [0.15, 0.2) is 11.5 Å².